The fourth-order valence-corrected chi connectivity index (χ4v) is 2.19. The summed E-state index contributed by atoms with van der Waals surface area (Å²) in [5.74, 6) is -0.803. The van der Waals surface area contributed by atoms with Gasteiger partial charge in [-0.05, 0) is 38.8 Å². The average Bonchev–Trinajstić information content (AvgIpc) is 2.53. The molecule has 1 rings (SSSR count). The summed E-state index contributed by atoms with van der Waals surface area (Å²) in [7, 11) is 0. The van der Waals surface area contributed by atoms with Crippen LogP contribution in [-0.4, -0.2) is 24.6 Å². The van der Waals surface area contributed by atoms with Gasteiger partial charge in [0.05, 0.1) is 12.0 Å². The minimum Gasteiger partial charge on any atom is -0.465 e. The van der Waals surface area contributed by atoms with Gasteiger partial charge in [0.25, 0.3) is 0 Å². The Kier molecular flexibility index (Phi) is 7.52. The Hall–Kier alpha value is -2.10. The number of rotatable bonds is 8. The van der Waals surface area contributed by atoms with Gasteiger partial charge in [-0.1, -0.05) is 43.7 Å². The lowest BCUT2D eigenvalue weighted by atomic mass is 9.84. The van der Waals surface area contributed by atoms with Crippen molar-refractivity contribution in [2.75, 3.05) is 6.61 Å². The van der Waals surface area contributed by atoms with E-state index in [-0.39, 0.29) is 5.97 Å². The first-order chi connectivity index (χ1) is 10.9. The van der Waals surface area contributed by atoms with E-state index in [1.807, 2.05) is 37.3 Å². The van der Waals surface area contributed by atoms with Crippen molar-refractivity contribution in [1.82, 2.24) is 0 Å². The molecule has 0 fully saturated rings. The van der Waals surface area contributed by atoms with E-state index in [1.54, 1.807) is 26.8 Å². The molecular weight excluding hydrogens is 292 g/mol. The number of hydrogen-bond donors (Lipinski definition) is 0. The lowest BCUT2D eigenvalue weighted by molar-refractivity contribution is -0.168. The Morgan fingerprint density at radius 3 is 2.39 bits per heavy atom. The number of benzene rings is 1. The van der Waals surface area contributed by atoms with Gasteiger partial charge in [0, 0.05) is 6.08 Å². The van der Waals surface area contributed by atoms with Crippen molar-refractivity contribution in [2.24, 2.45) is 5.41 Å². The second kappa shape index (κ2) is 9.13. The Morgan fingerprint density at radius 2 is 1.83 bits per heavy atom. The van der Waals surface area contributed by atoms with Gasteiger partial charge < -0.3 is 9.47 Å². The van der Waals surface area contributed by atoms with Crippen LogP contribution in [0, 0.1) is 5.41 Å². The highest BCUT2D eigenvalue weighted by atomic mass is 16.6. The van der Waals surface area contributed by atoms with Crippen LogP contribution >= 0.6 is 0 Å². The summed E-state index contributed by atoms with van der Waals surface area (Å²) >= 11 is 0. The zero-order valence-corrected chi connectivity index (χ0v) is 14.4. The average molecular weight is 318 g/mol. The van der Waals surface area contributed by atoms with Crippen molar-refractivity contribution in [2.45, 2.75) is 46.6 Å². The first-order valence-corrected chi connectivity index (χ1v) is 8.02. The fourth-order valence-electron chi connectivity index (χ4n) is 2.19. The summed E-state index contributed by atoms with van der Waals surface area (Å²) in [6, 6.07) is 9.50. The Balaban J connectivity index is 2.76. The molecule has 0 aliphatic rings. The standard InChI is InChI=1S/C19H26O4/c1-5-10-16(19(3,4)18(21)22-6-2)23-17(20)14-13-15-11-8-7-9-12-15/h7-9,11-14,16H,5-6,10H2,1-4H3/b14-13+. The summed E-state index contributed by atoms with van der Waals surface area (Å²) in [6.07, 6.45) is 3.99. The van der Waals surface area contributed by atoms with Crippen LogP contribution in [-0.2, 0) is 19.1 Å². The van der Waals surface area contributed by atoms with E-state index in [0.29, 0.717) is 13.0 Å². The molecule has 1 aromatic carbocycles. The summed E-state index contributed by atoms with van der Waals surface area (Å²) in [5.41, 5.74) is 0.0450. The van der Waals surface area contributed by atoms with E-state index in [4.69, 9.17) is 9.47 Å². The number of carbonyl (C=O) groups is 2. The maximum Gasteiger partial charge on any atom is 0.331 e. The number of esters is 2. The van der Waals surface area contributed by atoms with Gasteiger partial charge >= 0.3 is 11.9 Å². The molecule has 0 aliphatic heterocycles. The van der Waals surface area contributed by atoms with E-state index < -0.39 is 17.5 Å². The first kappa shape index (κ1) is 18.9. The number of carbonyl (C=O) groups excluding carboxylic acids is 2. The van der Waals surface area contributed by atoms with Crippen LogP contribution in [0.1, 0.15) is 46.1 Å². The highest BCUT2D eigenvalue weighted by Gasteiger charge is 2.40. The van der Waals surface area contributed by atoms with Gasteiger partial charge in [-0.15, -0.1) is 0 Å². The summed E-state index contributed by atoms with van der Waals surface area (Å²) in [4.78, 5) is 24.2. The lowest BCUT2D eigenvalue weighted by Crippen LogP contribution is -2.41. The molecule has 4 heteroatoms. The first-order valence-electron chi connectivity index (χ1n) is 8.02. The fraction of sp³-hybridized carbons (Fsp3) is 0.474. The second-order valence-electron chi connectivity index (χ2n) is 5.90. The molecule has 126 valence electrons. The van der Waals surface area contributed by atoms with Gasteiger partial charge in [0.1, 0.15) is 6.10 Å². The van der Waals surface area contributed by atoms with Crippen LogP contribution in [0.3, 0.4) is 0 Å². The highest BCUT2D eigenvalue weighted by molar-refractivity contribution is 5.87. The Morgan fingerprint density at radius 1 is 1.17 bits per heavy atom. The molecule has 0 heterocycles. The maximum atomic E-state index is 12.1. The molecule has 0 amide bonds. The Labute approximate surface area is 138 Å². The van der Waals surface area contributed by atoms with E-state index in [1.165, 1.54) is 6.08 Å². The normalized spacial score (nSPS) is 12.9. The van der Waals surface area contributed by atoms with Gasteiger partial charge in [-0.2, -0.15) is 0 Å². The minimum absolute atomic E-state index is 0.308. The molecule has 0 saturated carbocycles. The van der Waals surface area contributed by atoms with E-state index in [2.05, 4.69) is 0 Å². The molecule has 23 heavy (non-hydrogen) atoms. The van der Waals surface area contributed by atoms with Crippen LogP contribution in [0.15, 0.2) is 36.4 Å². The van der Waals surface area contributed by atoms with Gasteiger partial charge in [-0.3, -0.25) is 4.79 Å². The second-order valence-corrected chi connectivity index (χ2v) is 5.90. The summed E-state index contributed by atoms with van der Waals surface area (Å²) < 4.78 is 10.6. The van der Waals surface area contributed by atoms with E-state index in [0.717, 1.165) is 12.0 Å². The molecular formula is C19H26O4. The summed E-state index contributed by atoms with van der Waals surface area (Å²) in [6.45, 7) is 7.56. The minimum atomic E-state index is -0.873. The molecule has 1 aromatic rings. The molecule has 0 radical (unpaired) electrons. The molecule has 0 spiro atoms. The van der Waals surface area contributed by atoms with Crippen LogP contribution < -0.4 is 0 Å². The molecule has 0 N–H and O–H groups in total. The number of hydrogen-bond acceptors (Lipinski definition) is 4. The predicted molar refractivity (Wildman–Crippen MR) is 90.7 cm³/mol. The third-order valence-electron chi connectivity index (χ3n) is 3.63. The van der Waals surface area contributed by atoms with Gasteiger partial charge in [-0.25, -0.2) is 4.79 Å². The number of ether oxygens (including phenoxy) is 2. The Bertz CT molecular complexity index is 532. The van der Waals surface area contributed by atoms with Crippen molar-refractivity contribution < 1.29 is 19.1 Å². The highest BCUT2D eigenvalue weighted by Crippen LogP contribution is 2.29. The van der Waals surface area contributed by atoms with Crippen LogP contribution in [0.4, 0.5) is 0 Å². The van der Waals surface area contributed by atoms with Crippen molar-refractivity contribution >= 4 is 18.0 Å². The molecule has 0 saturated heterocycles. The molecule has 1 unspecified atom stereocenters. The zero-order chi connectivity index (χ0) is 17.3. The topological polar surface area (TPSA) is 52.6 Å². The molecule has 1 atom stereocenters. The third kappa shape index (κ3) is 5.89. The maximum absolute atomic E-state index is 12.1. The lowest BCUT2D eigenvalue weighted by Gasteiger charge is -2.31. The van der Waals surface area contributed by atoms with Crippen molar-refractivity contribution in [3.8, 4) is 0 Å². The predicted octanol–water partition coefficient (Wildman–Crippen LogP) is 4.00. The zero-order valence-electron chi connectivity index (χ0n) is 14.4. The smallest absolute Gasteiger partial charge is 0.331 e. The quantitative estimate of drug-likeness (QED) is 0.537. The molecule has 0 aliphatic carbocycles. The van der Waals surface area contributed by atoms with Gasteiger partial charge in [0.15, 0.2) is 0 Å². The van der Waals surface area contributed by atoms with E-state index >= 15 is 0 Å². The van der Waals surface area contributed by atoms with Crippen LogP contribution in [0.2, 0.25) is 0 Å². The van der Waals surface area contributed by atoms with Crippen molar-refractivity contribution in [1.29, 1.82) is 0 Å². The molecule has 4 nitrogen and oxygen atoms in total. The molecule has 0 aromatic heterocycles. The summed E-state index contributed by atoms with van der Waals surface area (Å²) in [5, 5.41) is 0. The van der Waals surface area contributed by atoms with E-state index in [9.17, 15) is 9.59 Å². The SMILES string of the molecule is CCCC(OC(=O)/C=C/c1ccccc1)C(C)(C)C(=O)OCC. The van der Waals surface area contributed by atoms with Crippen LogP contribution in [0.25, 0.3) is 6.08 Å². The van der Waals surface area contributed by atoms with Gasteiger partial charge in [0.2, 0.25) is 0 Å². The molecule has 0 bridgehead atoms. The van der Waals surface area contributed by atoms with Crippen molar-refractivity contribution in [3.05, 3.63) is 42.0 Å². The monoisotopic (exact) mass is 318 g/mol. The van der Waals surface area contributed by atoms with Crippen molar-refractivity contribution in [3.63, 3.8) is 0 Å². The van der Waals surface area contributed by atoms with Crippen LogP contribution in [0.5, 0.6) is 0 Å². The third-order valence-corrected chi connectivity index (χ3v) is 3.63. The largest absolute Gasteiger partial charge is 0.465 e.